The summed E-state index contributed by atoms with van der Waals surface area (Å²) in [6.07, 6.45) is 5.37. The Morgan fingerprint density at radius 1 is 1.44 bits per heavy atom. The maximum atomic E-state index is 5.42. The summed E-state index contributed by atoms with van der Waals surface area (Å²) in [5, 5.41) is 0. The van der Waals surface area contributed by atoms with Crippen molar-refractivity contribution in [2.24, 2.45) is 0 Å². The molecule has 0 radical (unpaired) electrons. The van der Waals surface area contributed by atoms with Crippen molar-refractivity contribution in [3.63, 3.8) is 0 Å². The number of thioether (sulfide) groups is 1. The van der Waals surface area contributed by atoms with E-state index in [0.29, 0.717) is 5.88 Å². The van der Waals surface area contributed by atoms with Crippen molar-refractivity contribution in [1.29, 1.82) is 0 Å². The third kappa shape index (κ3) is 8.38. The van der Waals surface area contributed by atoms with Crippen LogP contribution in [0.2, 0.25) is 0 Å². The Balaban J connectivity index is 2.82. The fourth-order valence-corrected chi connectivity index (χ4v) is 1.28. The monoisotopic (exact) mass is 164 g/mol. The van der Waals surface area contributed by atoms with Crippen molar-refractivity contribution in [3.05, 3.63) is 12.2 Å². The van der Waals surface area contributed by atoms with Crippen LogP contribution in [0, 0.1) is 0 Å². The molecule has 0 saturated carbocycles. The second-order valence-electron chi connectivity index (χ2n) is 1.70. The molecule has 0 aliphatic rings. The number of allylic oxidation sites excluding steroid dienone is 1. The van der Waals surface area contributed by atoms with E-state index in [1.54, 1.807) is 0 Å². The Hall–Kier alpha value is 0.380. The van der Waals surface area contributed by atoms with Gasteiger partial charge in [0, 0.05) is 11.6 Å². The van der Waals surface area contributed by atoms with Gasteiger partial charge in [-0.15, -0.1) is 11.6 Å². The normalized spacial score (nSPS) is 10.9. The second-order valence-corrected chi connectivity index (χ2v) is 3.16. The maximum Gasteiger partial charge on any atom is 0.0404 e. The minimum atomic E-state index is 0.646. The molecule has 0 nitrogen and oxygen atoms in total. The Morgan fingerprint density at radius 3 is 2.78 bits per heavy atom. The molecule has 2 heteroatoms. The highest BCUT2D eigenvalue weighted by Gasteiger charge is 1.79. The number of hydrogen-bond acceptors (Lipinski definition) is 1. The SMILES string of the molecule is CCCSCC=CCCl. The van der Waals surface area contributed by atoms with Gasteiger partial charge in [0.15, 0.2) is 0 Å². The predicted octanol–water partition coefficient (Wildman–Crippen LogP) is 2.92. The summed E-state index contributed by atoms with van der Waals surface area (Å²) in [4.78, 5) is 0. The Morgan fingerprint density at radius 2 is 2.22 bits per heavy atom. The molecule has 0 unspecified atom stereocenters. The molecule has 54 valence electrons. The van der Waals surface area contributed by atoms with Crippen LogP contribution in [-0.2, 0) is 0 Å². The second kappa shape index (κ2) is 8.38. The largest absolute Gasteiger partial charge is 0.158 e. The first-order valence-corrected chi connectivity index (χ1v) is 4.89. The van der Waals surface area contributed by atoms with Crippen LogP contribution in [0.5, 0.6) is 0 Å². The van der Waals surface area contributed by atoms with Gasteiger partial charge < -0.3 is 0 Å². The van der Waals surface area contributed by atoms with Gasteiger partial charge in [0.1, 0.15) is 0 Å². The summed E-state index contributed by atoms with van der Waals surface area (Å²) in [6, 6.07) is 0. The van der Waals surface area contributed by atoms with E-state index in [0.717, 1.165) is 5.75 Å². The summed E-state index contributed by atoms with van der Waals surface area (Å²) >= 11 is 7.37. The first kappa shape index (κ1) is 9.38. The standard InChI is InChI=1S/C7H13ClS/c1-2-6-9-7-4-3-5-8/h3-4H,2,5-7H2,1H3. The summed E-state index contributed by atoms with van der Waals surface area (Å²) in [7, 11) is 0. The molecule has 0 fully saturated rings. The lowest BCUT2D eigenvalue weighted by molar-refractivity contribution is 1.11. The van der Waals surface area contributed by atoms with Crippen molar-refractivity contribution in [1.82, 2.24) is 0 Å². The number of halogens is 1. The van der Waals surface area contributed by atoms with Gasteiger partial charge in [0.25, 0.3) is 0 Å². The van der Waals surface area contributed by atoms with Crippen LogP contribution in [-0.4, -0.2) is 17.4 Å². The Labute approximate surface area is 66.7 Å². The van der Waals surface area contributed by atoms with Gasteiger partial charge in [-0.25, -0.2) is 0 Å². The lowest BCUT2D eigenvalue weighted by Crippen LogP contribution is -1.75. The zero-order valence-electron chi connectivity index (χ0n) is 5.77. The molecular weight excluding hydrogens is 152 g/mol. The van der Waals surface area contributed by atoms with E-state index in [9.17, 15) is 0 Å². The third-order valence-electron chi connectivity index (χ3n) is 0.818. The van der Waals surface area contributed by atoms with E-state index < -0.39 is 0 Å². The highest BCUT2D eigenvalue weighted by molar-refractivity contribution is 7.99. The number of hydrogen-bond donors (Lipinski definition) is 0. The van der Waals surface area contributed by atoms with E-state index in [-0.39, 0.29) is 0 Å². The van der Waals surface area contributed by atoms with Crippen LogP contribution in [0.4, 0.5) is 0 Å². The molecule has 0 N–H and O–H groups in total. The highest BCUT2D eigenvalue weighted by Crippen LogP contribution is 2.01. The first-order valence-electron chi connectivity index (χ1n) is 3.20. The molecule has 0 aromatic rings. The molecule has 0 saturated heterocycles. The third-order valence-corrected chi connectivity index (χ3v) is 2.12. The molecule has 9 heavy (non-hydrogen) atoms. The van der Waals surface area contributed by atoms with Crippen LogP contribution in [0.15, 0.2) is 12.2 Å². The Kier molecular flexibility index (Phi) is 8.73. The smallest absolute Gasteiger partial charge is 0.0404 e. The molecule has 0 heterocycles. The summed E-state index contributed by atoms with van der Waals surface area (Å²) in [5.41, 5.74) is 0. The predicted molar refractivity (Wildman–Crippen MR) is 47.5 cm³/mol. The fourth-order valence-electron chi connectivity index (χ4n) is 0.427. The topological polar surface area (TPSA) is 0 Å². The maximum absolute atomic E-state index is 5.42. The molecule has 0 aromatic carbocycles. The van der Waals surface area contributed by atoms with Crippen LogP contribution in [0.3, 0.4) is 0 Å². The van der Waals surface area contributed by atoms with E-state index >= 15 is 0 Å². The van der Waals surface area contributed by atoms with Crippen molar-refractivity contribution in [3.8, 4) is 0 Å². The molecule has 0 rings (SSSR count). The molecule has 0 amide bonds. The van der Waals surface area contributed by atoms with Gasteiger partial charge in [0.2, 0.25) is 0 Å². The van der Waals surface area contributed by atoms with Crippen LogP contribution in [0.1, 0.15) is 13.3 Å². The van der Waals surface area contributed by atoms with E-state index in [1.807, 2.05) is 17.8 Å². The van der Waals surface area contributed by atoms with E-state index in [1.165, 1.54) is 12.2 Å². The lowest BCUT2D eigenvalue weighted by atomic mass is 10.6. The van der Waals surface area contributed by atoms with Gasteiger partial charge in [-0.2, -0.15) is 11.8 Å². The van der Waals surface area contributed by atoms with Crippen molar-refractivity contribution >= 4 is 23.4 Å². The zero-order valence-corrected chi connectivity index (χ0v) is 7.34. The lowest BCUT2D eigenvalue weighted by Gasteiger charge is -1.90. The van der Waals surface area contributed by atoms with E-state index in [2.05, 4.69) is 13.0 Å². The Bertz CT molecular complexity index is 71.3. The average molecular weight is 165 g/mol. The quantitative estimate of drug-likeness (QED) is 0.342. The van der Waals surface area contributed by atoms with Gasteiger partial charge >= 0.3 is 0 Å². The van der Waals surface area contributed by atoms with Crippen molar-refractivity contribution in [2.45, 2.75) is 13.3 Å². The molecule has 0 atom stereocenters. The van der Waals surface area contributed by atoms with Gasteiger partial charge in [0.05, 0.1) is 0 Å². The summed E-state index contributed by atoms with van der Waals surface area (Å²) < 4.78 is 0. The number of alkyl halides is 1. The minimum absolute atomic E-state index is 0.646. The van der Waals surface area contributed by atoms with Crippen molar-refractivity contribution < 1.29 is 0 Å². The average Bonchev–Trinajstić information content (AvgIpc) is 1.89. The summed E-state index contributed by atoms with van der Waals surface area (Å²) in [6.45, 7) is 2.19. The zero-order chi connectivity index (χ0) is 6.95. The molecule has 0 spiro atoms. The number of rotatable bonds is 5. The van der Waals surface area contributed by atoms with Crippen LogP contribution < -0.4 is 0 Å². The molecule has 0 aliphatic carbocycles. The molecular formula is C7H13ClS. The van der Waals surface area contributed by atoms with Gasteiger partial charge in [-0.1, -0.05) is 19.1 Å². The molecule has 0 bridgehead atoms. The van der Waals surface area contributed by atoms with Crippen LogP contribution in [0.25, 0.3) is 0 Å². The van der Waals surface area contributed by atoms with Gasteiger partial charge in [-0.05, 0) is 12.2 Å². The molecule has 0 aliphatic heterocycles. The van der Waals surface area contributed by atoms with Gasteiger partial charge in [-0.3, -0.25) is 0 Å². The van der Waals surface area contributed by atoms with Crippen LogP contribution >= 0.6 is 23.4 Å². The first-order chi connectivity index (χ1) is 4.41. The molecule has 0 aromatic heterocycles. The van der Waals surface area contributed by atoms with Crippen molar-refractivity contribution in [2.75, 3.05) is 17.4 Å². The van der Waals surface area contributed by atoms with E-state index in [4.69, 9.17) is 11.6 Å². The minimum Gasteiger partial charge on any atom is -0.158 e. The summed E-state index contributed by atoms with van der Waals surface area (Å²) in [5.74, 6) is 3.01. The fraction of sp³-hybridized carbons (Fsp3) is 0.714. The highest BCUT2D eigenvalue weighted by atomic mass is 35.5.